The number of nitrogens with one attached hydrogen (secondary N) is 1. The summed E-state index contributed by atoms with van der Waals surface area (Å²) in [6.45, 7) is 0. The topological polar surface area (TPSA) is 54.8 Å². The van der Waals surface area contributed by atoms with E-state index in [4.69, 9.17) is 14.4 Å². The van der Waals surface area contributed by atoms with Crippen LogP contribution in [0.25, 0.3) is 69.6 Å². The van der Waals surface area contributed by atoms with Crippen LogP contribution in [0.15, 0.2) is 172 Å². The van der Waals surface area contributed by atoms with Crippen molar-refractivity contribution >= 4 is 86.9 Å². The molecular formula is C45H28N4OS. The number of thiophene rings is 1. The summed E-state index contributed by atoms with van der Waals surface area (Å²) < 4.78 is 11.3. The van der Waals surface area contributed by atoms with Gasteiger partial charge in [-0.15, -0.1) is 11.3 Å². The Morgan fingerprint density at radius 3 is 2.12 bits per heavy atom. The van der Waals surface area contributed by atoms with E-state index in [0.29, 0.717) is 5.84 Å². The summed E-state index contributed by atoms with van der Waals surface area (Å²) in [6, 6.07) is 55.6. The predicted octanol–water partition coefficient (Wildman–Crippen LogP) is 11.5. The second kappa shape index (κ2) is 11.0. The van der Waals surface area contributed by atoms with Crippen LogP contribution in [0.2, 0.25) is 0 Å². The SMILES string of the molecule is c1ccc(C2N=C(c3cccc4c3oc3ccccc34)N=C(c3ccc4sc5cc(-n6c7ccccc7c7ccccc76)ccc5c4c3)N2)cc1. The number of nitrogens with zero attached hydrogens (tertiary/aromatic N) is 3. The minimum absolute atomic E-state index is 0.308. The third-order valence-electron chi connectivity index (χ3n) is 10.1. The molecular weight excluding hydrogens is 645 g/mol. The highest BCUT2D eigenvalue weighted by Crippen LogP contribution is 2.39. The summed E-state index contributed by atoms with van der Waals surface area (Å²) >= 11 is 1.83. The molecule has 0 bridgehead atoms. The lowest BCUT2D eigenvalue weighted by atomic mass is 10.1. The molecule has 240 valence electrons. The Bertz CT molecular complexity index is 3020. The molecule has 0 saturated heterocycles. The minimum Gasteiger partial charge on any atom is -0.455 e. The van der Waals surface area contributed by atoms with Crippen molar-refractivity contribution in [3.05, 3.63) is 174 Å². The lowest BCUT2D eigenvalue weighted by molar-refractivity contribution is 0.663. The highest BCUT2D eigenvalue weighted by Gasteiger charge is 2.24. The average Bonchev–Trinajstić information content (AvgIpc) is 3.87. The Morgan fingerprint density at radius 2 is 1.29 bits per heavy atom. The largest absolute Gasteiger partial charge is 0.455 e. The van der Waals surface area contributed by atoms with Gasteiger partial charge in [0.25, 0.3) is 0 Å². The van der Waals surface area contributed by atoms with E-state index in [2.05, 4.69) is 143 Å². The molecule has 3 aromatic heterocycles. The zero-order chi connectivity index (χ0) is 33.5. The number of benzene rings is 7. The molecule has 0 amide bonds. The van der Waals surface area contributed by atoms with Gasteiger partial charge in [-0.05, 0) is 60.2 Å². The molecule has 0 radical (unpaired) electrons. The van der Waals surface area contributed by atoms with Gasteiger partial charge in [-0.1, -0.05) is 103 Å². The van der Waals surface area contributed by atoms with E-state index in [9.17, 15) is 0 Å². The van der Waals surface area contributed by atoms with Gasteiger partial charge < -0.3 is 14.3 Å². The van der Waals surface area contributed by atoms with Crippen LogP contribution in [-0.4, -0.2) is 16.2 Å². The molecule has 10 aromatic rings. The summed E-state index contributed by atoms with van der Waals surface area (Å²) in [4.78, 5) is 10.3. The van der Waals surface area contributed by atoms with Gasteiger partial charge in [0.05, 0.1) is 16.6 Å². The molecule has 4 heterocycles. The van der Waals surface area contributed by atoms with Crippen LogP contribution in [0.3, 0.4) is 0 Å². The van der Waals surface area contributed by atoms with Gasteiger partial charge in [0, 0.05) is 53.0 Å². The first-order chi connectivity index (χ1) is 25.3. The van der Waals surface area contributed by atoms with Crippen molar-refractivity contribution in [1.82, 2.24) is 9.88 Å². The van der Waals surface area contributed by atoms with Crippen molar-refractivity contribution in [1.29, 1.82) is 0 Å². The van der Waals surface area contributed by atoms with Crippen LogP contribution in [0, 0.1) is 0 Å². The molecule has 1 aliphatic heterocycles. The van der Waals surface area contributed by atoms with Crippen LogP contribution in [0.5, 0.6) is 0 Å². The van der Waals surface area contributed by atoms with Crippen LogP contribution in [0.1, 0.15) is 22.9 Å². The second-order valence-electron chi connectivity index (χ2n) is 13.0. The van der Waals surface area contributed by atoms with Gasteiger partial charge in [-0.3, -0.25) is 0 Å². The summed E-state index contributed by atoms with van der Waals surface area (Å²) in [6.07, 6.45) is -0.308. The van der Waals surface area contributed by atoms with Crippen LogP contribution < -0.4 is 5.32 Å². The van der Waals surface area contributed by atoms with E-state index in [0.717, 1.165) is 50.2 Å². The maximum Gasteiger partial charge on any atom is 0.163 e. The summed E-state index contributed by atoms with van der Waals surface area (Å²) in [5, 5.41) is 10.8. The van der Waals surface area contributed by atoms with E-state index in [1.54, 1.807) is 0 Å². The Balaban J connectivity index is 1.05. The second-order valence-corrected chi connectivity index (χ2v) is 14.1. The number of aromatic nitrogens is 1. The van der Waals surface area contributed by atoms with Crippen molar-refractivity contribution in [3.8, 4) is 5.69 Å². The molecule has 7 aromatic carbocycles. The van der Waals surface area contributed by atoms with Crippen molar-refractivity contribution in [2.24, 2.45) is 9.98 Å². The number of aliphatic imine (C=N–C) groups is 2. The zero-order valence-corrected chi connectivity index (χ0v) is 28.1. The number of fused-ring (bicyclic) bond motifs is 9. The number of hydrogen-bond acceptors (Lipinski definition) is 5. The first-order valence-electron chi connectivity index (χ1n) is 17.1. The van der Waals surface area contributed by atoms with Gasteiger partial charge >= 0.3 is 0 Å². The highest BCUT2D eigenvalue weighted by atomic mass is 32.1. The van der Waals surface area contributed by atoms with Crippen molar-refractivity contribution < 1.29 is 4.42 Å². The van der Waals surface area contributed by atoms with Crippen molar-refractivity contribution in [2.75, 3.05) is 0 Å². The summed E-state index contributed by atoms with van der Waals surface area (Å²) in [5.74, 6) is 1.43. The molecule has 6 heteroatoms. The lowest BCUT2D eigenvalue weighted by Gasteiger charge is -2.23. The van der Waals surface area contributed by atoms with Crippen LogP contribution in [-0.2, 0) is 0 Å². The molecule has 0 fully saturated rings. The number of para-hydroxylation sites is 4. The van der Waals surface area contributed by atoms with Gasteiger partial charge in [-0.2, -0.15) is 0 Å². The molecule has 0 aliphatic carbocycles. The molecule has 51 heavy (non-hydrogen) atoms. The first kappa shape index (κ1) is 28.3. The monoisotopic (exact) mass is 672 g/mol. The molecule has 0 saturated carbocycles. The summed E-state index contributed by atoms with van der Waals surface area (Å²) in [7, 11) is 0. The minimum atomic E-state index is -0.308. The van der Waals surface area contributed by atoms with Crippen LogP contribution >= 0.6 is 11.3 Å². The van der Waals surface area contributed by atoms with E-state index < -0.39 is 0 Å². The highest BCUT2D eigenvalue weighted by molar-refractivity contribution is 7.25. The van der Waals surface area contributed by atoms with Crippen molar-refractivity contribution in [2.45, 2.75) is 6.17 Å². The third kappa shape index (κ3) is 4.40. The smallest absolute Gasteiger partial charge is 0.163 e. The number of rotatable bonds is 4. The van der Waals surface area contributed by atoms with Gasteiger partial charge in [-0.25, -0.2) is 9.98 Å². The molecule has 0 spiro atoms. The molecule has 11 rings (SSSR count). The van der Waals surface area contributed by atoms with Gasteiger partial charge in [0.2, 0.25) is 0 Å². The molecule has 1 aliphatic rings. The van der Waals surface area contributed by atoms with E-state index in [1.807, 2.05) is 35.6 Å². The normalized spacial score (nSPS) is 14.9. The van der Waals surface area contributed by atoms with Gasteiger partial charge in [0.15, 0.2) is 5.84 Å². The van der Waals surface area contributed by atoms with E-state index >= 15 is 0 Å². The number of amidine groups is 2. The van der Waals surface area contributed by atoms with Crippen LogP contribution in [0.4, 0.5) is 0 Å². The lowest BCUT2D eigenvalue weighted by Crippen LogP contribution is -2.33. The zero-order valence-electron chi connectivity index (χ0n) is 27.2. The molecule has 5 nitrogen and oxygen atoms in total. The molecule has 1 unspecified atom stereocenters. The van der Waals surface area contributed by atoms with E-state index in [1.165, 1.54) is 42.0 Å². The fourth-order valence-electron chi connectivity index (χ4n) is 7.70. The number of furan rings is 1. The quantitative estimate of drug-likeness (QED) is 0.202. The predicted molar refractivity (Wildman–Crippen MR) is 213 cm³/mol. The van der Waals surface area contributed by atoms with Crippen molar-refractivity contribution in [3.63, 3.8) is 0 Å². The standard InChI is InChI=1S/C45H28N4OS/c1-2-11-27(12-3-1)43-46-44(48-45(47-43)35-17-10-16-34-32-15-6-9-20-39(32)50-42(34)35)28-21-24-40-36(25-28)33-23-22-29(26-41(33)51-40)49-37-18-7-4-13-30(37)31-14-5-8-19-38(31)49/h1-26,43H,(H,46,47,48). The fourth-order valence-corrected chi connectivity index (χ4v) is 8.82. The molecule has 1 N–H and O–H groups in total. The Morgan fingerprint density at radius 1 is 0.569 bits per heavy atom. The summed E-state index contributed by atoms with van der Waals surface area (Å²) in [5.41, 5.74) is 8.21. The maximum absolute atomic E-state index is 6.43. The maximum atomic E-state index is 6.43. The molecule has 1 atom stereocenters. The van der Waals surface area contributed by atoms with Gasteiger partial charge in [0.1, 0.15) is 23.2 Å². The third-order valence-corrected chi connectivity index (χ3v) is 11.2. The Hall–Kier alpha value is -6.50. The average molecular weight is 673 g/mol. The number of hydrogen-bond donors (Lipinski definition) is 1. The Labute approximate surface area is 296 Å². The first-order valence-corrected chi connectivity index (χ1v) is 17.9. The van der Waals surface area contributed by atoms with E-state index in [-0.39, 0.29) is 6.17 Å². The Kier molecular flexibility index (Phi) is 6.12. The fraction of sp³-hybridized carbons (Fsp3) is 0.0222.